The van der Waals surface area contributed by atoms with Gasteiger partial charge in [-0.2, -0.15) is 0 Å². The highest BCUT2D eigenvalue weighted by Gasteiger charge is 2.35. The molecule has 1 saturated heterocycles. The fourth-order valence-corrected chi connectivity index (χ4v) is 3.15. The number of hydrogen-bond donors (Lipinski definition) is 1. The van der Waals surface area contributed by atoms with Crippen LogP contribution in [0.5, 0.6) is 0 Å². The average molecular weight is 306 g/mol. The third-order valence-electron chi connectivity index (χ3n) is 4.67. The summed E-state index contributed by atoms with van der Waals surface area (Å²) in [6, 6.07) is 10.2. The van der Waals surface area contributed by atoms with Crippen LogP contribution in [0.4, 0.5) is 0 Å². The molecule has 4 heteroatoms. The van der Waals surface area contributed by atoms with Gasteiger partial charge in [0.25, 0.3) is 0 Å². The molecule has 2 fully saturated rings. The van der Waals surface area contributed by atoms with Crippen LogP contribution in [0, 0.1) is 0 Å². The first-order chi connectivity index (χ1) is 10.7. The Kier molecular flexibility index (Phi) is 5.47. The van der Waals surface area contributed by atoms with E-state index in [-0.39, 0.29) is 12.2 Å². The molecule has 3 rings (SSSR count). The summed E-state index contributed by atoms with van der Waals surface area (Å²) in [6.07, 6.45) is 4.65. The van der Waals surface area contributed by atoms with E-state index in [0.29, 0.717) is 19.8 Å². The smallest absolute Gasteiger partial charge is 0.0882 e. The molecule has 122 valence electrons. The van der Waals surface area contributed by atoms with Crippen LogP contribution in [0.1, 0.15) is 37.7 Å². The van der Waals surface area contributed by atoms with E-state index in [1.165, 1.54) is 5.56 Å². The topological polar surface area (TPSA) is 47.9 Å². The van der Waals surface area contributed by atoms with Crippen LogP contribution in [-0.4, -0.2) is 42.7 Å². The summed E-state index contributed by atoms with van der Waals surface area (Å²) in [5, 5.41) is 10.6. The quantitative estimate of drug-likeness (QED) is 0.878. The number of rotatable bonds is 6. The van der Waals surface area contributed by atoms with Gasteiger partial charge in [-0.15, -0.1) is 0 Å². The van der Waals surface area contributed by atoms with Crippen LogP contribution >= 0.6 is 0 Å². The van der Waals surface area contributed by atoms with Crippen molar-refractivity contribution in [3.05, 3.63) is 35.9 Å². The first-order valence-corrected chi connectivity index (χ1v) is 8.31. The molecule has 4 nitrogen and oxygen atoms in total. The third kappa shape index (κ3) is 4.53. The van der Waals surface area contributed by atoms with E-state index >= 15 is 0 Å². The minimum absolute atomic E-state index is 0.163. The largest absolute Gasteiger partial charge is 0.387 e. The van der Waals surface area contributed by atoms with Crippen molar-refractivity contribution >= 4 is 0 Å². The molecule has 1 saturated carbocycles. The Morgan fingerprint density at radius 1 is 1.05 bits per heavy atom. The van der Waals surface area contributed by atoms with Gasteiger partial charge >= 0.3 is 0 Å². The Morgan fingerprint density at radius 2 is 1.82 bits per heavy atom. The molecule has 2 aliphatic rings. The Balaban J connectivity index is 1.37. The van der Waals surface area contributed by atoms with E-state index in [9.17, 15) is 5.11 Å². The lowest BCUT2D eigenvalue weighted by atomic mass is 9.84. The summed E-state index contributed by atoms with van der Waals surface area (Å²) in [7, 11) is 0. The Morgan fingerprint density at radius 3 is 2.50 bits per heavy atom. The second-order valence-electron chi connectivity index (χ2n) is 6.52. The lowest BCUT2D eigenvalue weighted by molar-refractivity contribution is -0.114. The SMILES string of the molecule is O[C@]1(CO[C@H]2CCOC2)CC[C@H](OCc2ccccc2)CC1. The Labute approximate surface area is 132 Å². The molecule has 1 aliphatic heterocycles. The van der Waals surface area contributed by atoms with Crippen LogP contribution in [0.2, 0.25) is 0 Å². The van der Waals surface area contributed by atoms with Gasteiger partial charge in [-0.25, -0.2) is 0 Å². The van der Waals surface area contributed by atoms with Crippen molar-refractivity contribution in [3.8, 4) is 0 Å². The molecule has 0 radical (unpaired) electrons. The molecule has 1 atom stereocenters. The normalized spacial score (nSPS) is 32.2. The Bertz CT molecular complexity index is 434. The molecule has 22 heavy (non-hydrogen) atoms. The third-order valence-corrected chi connectivity index (χ3v) is 4.67. The molecule has 1 heterocycles. The van der Waals surface area contributed by atoms with Gasteiger partial charge in [0.05, 0.1) is 37.6 Å². The predicted molar refractivity (Wildman–Crippen MR) is 83.6 cm³/mol. The zero-order valence-electron chi connectivity index (χ0n) is 13.1. The van der Waals surface area contributed by atoms with E-state index in [0.717, 1.165) is 38.7 Å². The lowest BCUT2D eigenvalue weighted by Crippen LogP contribution is -2.41. The Hall–Kier alpha value is -0.940. The van der Waals surface area contributed by atoms with Gasteiger partial charge in [0.2, 0.25) is 0 Å². The minimum Gasteiger partial charge on any atom is -0.387 e. The molecule has 0 amide bonds. The zero-order valence-corrected chi connectivity index (χ0v) is 13.1. The number of benzene rings is 1. The van der Waals surface area contributed by atoms with Crippen molar-refractivity contribution in [2.75, 3.05) is 19.8 Å². The highest BCUT2D eigenvalue weighted by Crippen LogP contribution is 2.31. The summed E-state index contributed by atoms with van der Waals surface area (Å²) in [5.41, 5.74) is 0.516. The van der Waals surface area contributed by atoms with Gasteiger partial charge in [0.1, 0.15) is 0 Å². The molecule has 0 unspecified atom stereocenters. The standard InChI is InChI=1S/C18H26O4/c19-18(14-22-17-8-11-20-13-17)9-6-16(7-10-18)21-12-15-4-2-1-3-5-15/h1-5,16-17,19H,6-14H2/t16-,17-,18+/m0/s1. The summed E-state index contributed by atoms with van der Waals surface area (Å²) in [4.78, 5) is 0. The van der Waals surface area contributed by atoms with Crippen LogP contribution in [0.15, 0.2) is 30.3 Å². The number of hydrogen-bond acceptors (Lipinski definition) is 4. The van der Waals surface area contributed by atoms with Gasteiger partial charge in [-0.1, -0.05) is 30.3 Å². The molecule has 1 aromatic rings. The summed E-state index contributed by atoms with van der Waals surface area (Å²) in [6.45, 7) is 2.52. The molecule has 0 bridgehead atoms. The van der Waals surface area contributed by atoms with Crippen LogP contribution in [0.3, 0.4) is 0 Å². The van der Waals surface area contributed by atoms with E-state index in [1.54, 1.807) is 0 Å². The molecule has 1 aliphatic carbocycles. The van der Waals surface area contributed by atoms with Gasteiger partial charge in [-0.05, 0) is 37.7 Å². The van der Waals surface area contributed by atoms with Crippen LogP contribution in [-0.2, 0) is 20.8 Å². The molecule has 0 aromatic heterocycles. The highest BCUT2D eigenvalue weighted by molar-refractivity contribution is 5.13. The summed E-state index contributed by atoms with van der Waals surface area (Å²) >= 11 is 0. The number of aliphatic hydroxyl groups is 1. The van der Waals surface area contributed by atoms with Gasteiger partial charge in [-0.3, -0.25) is 0 Å². The molecule has 1 N–H and O–H groups in total. The zero-order chi connectivity index (χ0) is 15.3. The van der Waals surface area contributed by atoms with Crippen LogP contribution in [0.25, 0.3) is 0 Å². The molecular weight excluding hydrogens is 280 g/mol. The van der Waals surface area contributed by atoms with Crippen molar-refractivity contribution in [2.24, 2.45) is 0 Å². The maximum atomic E-state index is 10.6. The molecule has 0 spiro atoms. The van der Waals surface area contributed by atoms with Gasteiger partial charge in [0, 0.05) is 6.61 Å². The van der Waals surface area contributed by atoms with Crippen molar-refractivity contribution in [1.29, 1.82) is 0 Å². The highest BCUT2D eigenvalue weighted by atomic mass is 16.6. The van der Waals surface area contributed by atoms with Crippen molar-refractivity contribution < 1.29 is 19.3 Å². The fourth-order valence-electron chi connectivity index (χ4n) is 3.15. The monoisotopic (exact) mass is 306 g/mol. The van der Waals surface area contributed by atoms with E-state index < -0.39 is 5.60 Å². The van der Waals surface area contributed by atoms with Crippen molar-refractivity contribution in [1.82, 2.24) is 0 Å². The fraction of sp³-hybridized carbons (Fsp3) is 0.667. The van der Waals surface area contributed by atoms with Crippen LogP contribution < -0.4 is 0 Å². The predicted octanol–water partition coefficient (Wildman–Crippen LogP) is 2.68. The molecular formula is C18H26O4. The van der Waals surface area contributed by atoms with E-state index in [1.807, 2.05) is 18.2 Å². The lowest BCUT2D eigenvalue weighted by Gasteiger charge is -2.36. The van der Waals surface area contributed by atoms with E-state index in [4.69, 9.17) is 14.2 Å². The first-order valence-electron chi connectivity index (χ1n) is 8.31. The summed E-state index contributed by atoms with van der Waals surface area (Å²) in [5.74, 6) is 0. The van der Waals surface area contributed by atoms with Gasteiger partial charge in [0.15, 0.2) is 0 Å². The second-order valence-corrected chi connectivity index (χ2v) is 6.52. The van der Waals surface area contributed by atoms with Crippen molar-refractivity contribution in [2.45, 2.75) is 56.5 Å². The molecule has 1 aromatic carbocycles. The number of ether oxygens (including phenoxy) is 3. The van der Waals surface area contributed by atoms with E-state index in [2.05, 4.69) is 12.1 Å². The maximum Gasteiger partial charge on any atom is 0.0882 e. The van der Waals surface area contributed by atoms with Gasteiger partial charge < -0.3 is 19.3 Å². The first kappa shape index (κ1) is 15.9. The second kappa shape index (κ2) is 7.55. The maximum absolute atomic E-state index is 10.6. The summed E-state index contributed by atoms with van der Waals surface area (Å²) < 4.78 is 17.1. The minimum atomic E-state index is -0.685. The van der Waals surface area contributed by atoms with Crippen molar-refractivity contribution in [3.63, 3.8) is 0 Å². The average Bonchev–Trinajstić information content (AvgIpc) is 3.07.